The molecule has 5 nitrogen and oxygen atoms in total. The zero-order chi connectivity index (χ0) is 12.8. The number of rotatable bonds is 0. The maximum absolute atomic E-state index is 10.7. The summed E-state index contributed by atoms with van der Waals surface area (Å²) in [6.45, 7) is 0. The minimum absolute atomic E-state index is 0.465. The molecule has 0 aliphatic heterocycles. The van der Waals surface area contributed by atoms with Crippen molar-refractivity contribution in [1.82, 2.24) is 4.98 Å². The van der Waals surface area contributed by atoms with Gasteiger partial charge in [-0.1, -0.05) is 6.07 Å². The summed E-state index contributed by atoms with van der Waals surface area (Å²) in [6.07, 6.45) is 1.60. The molecule has 9 heteroatoms. The predicted octanol–water partition coefficient (Wildman–Crippen LogP) is 1.35. The van der Waals surface area contributed by atoms with Gasteiger partial charge in [-0.05, 0) is 12.1 Å². The molecular formula is C7H5F3N2O3S. The van der Waals surface area contributed by atoms with E-state index in [0.29, 0.717) is 5.69 Å². The van der Waals surface area contributed by atoms with Gasteiger partial charge in [0.25, 0.3) is 0 Å². The minimum atomic E-state index is -5.84. The van der Waals surface area contributed by atoms with Gasteiger partial charge in [-0.2, -0.15) is 26.9 Å². The predicted molar refractivity (Wildman–Crippen MR) is 46.6 cm³/mol. The van der Waals surface area contributed by atoms with Gasteiger partial charge in [0.2, 0.25) is 0 Å². The molecule has 0 radical (unpaired) electrons. The summed E-state index contributed by atoms with van der Waals surface area (Å²) >= 11 is 0. The molecule has 88 valence electrons. The van der Waals surface area contributed by atoms with Crippen LogP contribution in [0.5, 0.6) is 0 Å². The molecule has 0 aliphatic rings. The Morgan fingerprint density at radius 2 is 1.88 bits per heavy atom. The van der Waals surface area contributed by atoms with Crippen molar-refractivity contribution >= 4 is 10.1 Å². The summed E-state index contributed by atoms with van der Waals surface area (Å²) in [4.78, 5) is 3.74. The highest BCUT2D eigenvalue weighted by molar-refractivity contribution is 7.86. The number of halogens is 3. The molecule has 0 saturated heterocycles. The van der Waals surface area contributed by atoms with Crippen molar-refractivity contribution in [3.05, 3.63) is 30.1 Å². The van der Waals surface area contributed by atoms with E-state index in [4.69, 9.17) is 18.2 Å². The number of aromatic nitrogens is 1. The third-order valence-corrected chi connectivity index (χ3v) is 1.66. The number of nitriles is 1. The van der Waals surface area contributed by atoms with E-state index >= 15 is 0 Å². The normalized spacial score (nSPS) is 10.9. The van der Waals surface area contributed by atoms with Crippen LogP contribution in [-0.4, -0.2) is 23.5 Å². The molecule has 1 aromatic heterocycles. The van der Waals surface area contributed by atoms with Crippen molar-refractivity contribution in [2.24, 2.45) is 0 Å². The largest absolute Gasteiger partial charge is 0.522 e. The van der Waals surface area contributed by atoms with Crippen LogP contribution in [0.1, 0.15) is 5.69 Å². The van der Waals surface area contributed by atoms with Gasteiger partial charge < -0.3 is 0 Å². The van der Waals surface area contributed by atoms with E-state index in [0.717, 1.165) is 0 Å². The van der Waals surface area contributed by atoms with Crippen LogP contribution in [0, 0.1) is 11.3 Å². The summed E-state index contributed by atoms with van der Waals surface area (Å²) in [5.41, 5.74) is -5.07. The van der Waals surface area contributed by atoms with E-state index in [1.165, 1.54) is 0 Å². The van der Waals surface area contributed by atoms with Gasteiger partial charge in [0.15, 0.2) is 0 Å². The van der Waals surface area contributed by atoms with Gasteiger partial charge in [-0.25, -0.2) is 4.98 Å². The van der Waals surface area contributed by atoms with Crippen molar-refractivity contribution in [1.29, 1.82) is 5.26 Å². The fraction of sp³-hybridized carbons (Fsp3) is 0.143. The van der Waals surface area contributed by atoms with Crippen LogP contribution in [0.3, 0.4) is 0 Å². The Hall–Kier alpha value is -1.66. The highest BCUT2D eigenvalue weighted by atomic mass is 32.2. The van der Waals surface area contributed by atoms with Crippen molar-refractivity contribution in [3.63, 3.8) is 0 Å². The smallest absolute Gasteiger partial charge is 0.279 e. The van der Waals surface area contributed by atoms with Crippen LogP contribution in [0.15, 0.2) is 24.4 Å². The average Bonchev–Trinajstić information content (AvgIpc) is 2.17. The lowest BCUT2D eigenvalue weighted by molar-refractivity contribution is -0.0510. The van der Waals surface area contributed by atoms with E-state index in [-0.39, 0.29) is 0 Å². The Labute approximate surface area is 88.9 Å². The molecule has 0 fully saturated rings. The molecular weight excluding hydrogens is 249 g/mol. The van der Waals surface area contributed by atoms with Gasteiger partial charge in [0.1, 0.15) is 11.8 Å². The third-order valence-electron chi connectivity index (χ3n) is 1.07. The second-order valence-corrected chi connectivity index (χ2v) is 3.66. The highest BCUT2D eigenvalue weighted by Gasteiger charge is 2.44. The number of hydrogen-bond donors (Lipinski definition) is 1. The SMILES string of the molecule is N#Cc1ccccn1.O=S(=O)(O)C(F)(F)F. The van der Waals surface area contributed by atoms with E-state index < -0.39 is 15.6 Å². The lowest BCUT2D eigenvalue weighted by atomic mass is 10.4. The van der Waals surface area contributed by atoms with E-state index in [2.05, 4.69) is 4.98 Å². The van der Waals surface area contributed by atoms with Crippen LogP contribution < -0.4 is 0 Å². The van der Waals surface area contributed by atoms with Crippen LogP contribution in [0.2, 0.25) is 0 Å². The van der Waals surface area contributed by atoms with Crippen molar-refractivity contribution in [2.75, 3.05) is 0 Å². The fourth-order valence-electron chi connectivity index (χ4n) is 0.429. The summed E-state index contributed by atoms with van der Waals surface area (Å²) in [7, 11) is -5.84. The molecule has 1 aromatic rings. The maximum atomic E-state index is 10.7. The van der Waals surface area contributed by atoms with Crippen molar-refractivity contribution in [3.8, 4) is 6.07 Å². The fourth-order valence-corrected chi connectivity index (χ4v) is 0.429. The molecule has 0 unspecified atom stereocenters. The minimum Gasteiger partial charge on any atom is -0.279 e. The maximum Gasteiger partial charge on any atom is 0.522 e. The lowest BCUT2D eigenvalue weighted by Gasteiger charge is -1.97. The summed E-state index contributed by atoms with van der Waals surface area (Å²) < 4.78 is 57.5. The summed E-state index contributed by atoms with van der Waals surface area (Å²) in [6, 6.07) is 7.14. The zero-order valence-corrected chi connectivity index (χ0v) is 8.33. The molecule has 1 heterocycles. The first-order valence-electron chi connectivity index (χ1n) is 3.53. The molecule has 0 atom stereocenters. The van der Waals surface area contributed by atoms with Gasteiger partial charge in [0, 0.05) is 6.20 Å². The standard InChI is InChI=1S/C6H4N2.CHF3O3S/c7-5-6-3-1-2-4-8-6;2-1(3,4)8(5,6)7/h1-4H;(H,5,6,7). The molecule has 1 rings (SSSR count). The van der Waals surface area contributed by atoms with Crippen molar-refractivity contribution in [2.45, 2.75) is 5.51 Å². The molecule has 0 aromatic carbocycles. The number of alkyl halides is 3. The van der Waals surface area contributed by atoms with Gasteiger partial charge in [0.05, 0.1) is 0 Å². The first-order chi connectivity index (χ1) is 7.18. The molecule has 0 amide bonds. The molecule has 16 heavy (non-hydrogen) atoms. The Morgan fingerprint density at radius 1 is 1.38 bits per heavy atom. The summed E-state index contributed by atoms with van der Waals surface area (Å²) in [5.74, 6) is 0. The van der Waals surface area contributed by atoms with Crippen molar-refractivity contribution < 1.29 is 26.1 Å². The molecule has 0 bridgehead atoms. The van der Waals surface area contributed by atoms with E-state index in [1.807, 2.05) is 6.07 Å². The monoisotopic (exact) mass is 254 g/mol. The van der Waals surface area contributed by atoms with Gasteiger partial charge in [-0.3, -0.25) is 4.55 Å². The Morgan fingerprint density at radius 3 is 2.06 bits per heavy atom. The lowest BCUT2D eigenvalue weighted by Crippen LogP contribution is -2.21. The number of pyridine rings is 1. The highest BCUT2D eigenvalue weighted by Crippen LogP contribution is 2.20. The summed E-state index contributed by atoms with van der Waals surface area (Å²) in [5, 5.41) is 8.23. The third kappa shape index (κ3) is 5.28. The quantitative estimate of drug-likeness (QED) is 0.557. The van der Waals surface area contributed by atoms with Crippen LogP contribution >= 0.6 is 0 Å². The molecule has 0 spiro atoms. The zero-order valence-electron chi connectivity index (χ0n) is 7.51. The Bertz CT molecular complexity index is 464. The first-order valence-corrected chi connectivity index (χ1v) is 4.97. The molecule has 0 saturated carbocycles. The van der Waals surface area contributed by atoms with E-state index in [1.54, 1.807) is 24.4 Å². The van der Waals surface area contributed by atoms with Gasteiger partial charge in [-0.15, -0.1) is 0 Å². The topological polar surface area (TPSA) is 91.0 Å². The van der Waals surface area contributed by atoms with E-state index in [9.17, 15) is 13.2 Å². The van der Waals surface area contributed by atoms with Gasteiger partial charge >= 0.3 is 15.6 Å². The number of nitrogens with zero attached hydrogens (tertiary/aromatic N) is 2. The Balaban J connectivity index is 0.000000281. The second-order valence-electron chi connectivity index (χ2n) is 2.25. The molecule has 0 aliphatic carbocycles. The average molecular weight is 254 g/mol. The first kappa shape index (κ1) is 14.3. The van der Waals surface area contributed by atoms with Crippen LogP contribution in [0.4, 0.5) is 13.2 Å². The Kier molecular flexibility index (Phi) is 4.87. The number of hydrogen-bond acceptors (Lipinski definition) is 4. The van der Waals surface area contributed by atoms with Crippen LogP contribution in [0.25, 0.3) is 0 Å². The van der Waals surface area contributed by atoms with Crippen LogP contribution in [-0.2, 0) is 10.1 Å². The molecule has 1 N–H and O–H groups in total. The second kappa shape index (κ2) is 5.43.